The third-order valence-corrected chi connectivity index (χ3v) is 2.00. The van der Waals surface area contributed by atoms with E-state index in [-0.39, 0.29) is 5.97 Å². The normalized spacial score (nSPS) is 17.9. The van der Waals surface area contributed by atoms with Crippen LogP contribution in [0.5, 0.6) is 0 Å². The minimum Gasteiger partial charge on any atom is -0.466 e. The van der Waals surface area contributed by atoms with Crippen molar-refractivity contribution in [3.05, 3.63) is 0 Å². The number of ether oxygens (including phenoxy) is 3. The fraction of sp³-hybridized carbons (Fsp3) is 0.917. The van der Waals surface area contributed by atoms with Crippen molar-refractivity contribution < 1.29 is 19.0 Å². The number of carbonyl (C=O) groups excluding carboxylic acids is 1. The fourth-order valence-corrected chi connectivity index (χ4v) is 1.22. The average Bonchev–Trinajstić information content (AvgIpc) is 2.98. The summed E-state index contributed by atoms with van der Waals surface area (Å²) in [5.41, 5.74) is 0. The van der Waals surface area contributed by atoms with Crippen LogP contribution in [0.1, 0.15) is 39.5 Å². The maximum Gasteiger partial charge on any atom is 0.302 e. The Labute approximate surface area is 98.3 Å². The summed E-state index contributed by atoms with van der Waals surface area (Å²) in [6, 6.07) is 0. The van der Waals surface area contributed by atoms with Crippen molar-refractivity contribution in [1.29, 1.82) is 0 Å². The van der Waals surface area contributed by atoms with Crippen LogP contribution in [0.3, 0.4) is 0 Å². The Morgan fingerprint density at radius 2 is 1.38 bits per heavy atom. The van der Waals surface area contributed by atoms with Gasteiger partial charge in [-0.1, -0.05) is 0 Å². The second kappa shape index (κ2) is 12.5. The van der Waals surface area contributed by atoms with Crippen molar-refractivity contribution in [2.75, 3.05) is 33.0 Å². The first-order valence-corrected chi connectivity index (χ1v) is 6.06. The van der Waals surface area contributed by atoms with Crippen LogP contribution in [-0.2, 0) is 19.0 Å². The number of hydrogen-bond acceptors (Lipinski definition) is 4. The van der Waals surface area contributed by atoms with Crippen molar-refractivity contribution in [2.45, 2.75) is 39.5 Å². The zero-order valence-electron chi connectivity index (χ0n) is 10.5. The lowest BCUT2D eigenvalue weighted by molar-refractivity contribution is -0.140. The molecular formula is C12H24O4. The molecule has 0 saturated carbocycles. The Morgan fingerprint density at radius 3 is 1.44 bits per heavy atom. The van der Waals surface area contributed by atoms with Crippen molar-refractivity contribution in [3.8, 4) is 0 Å². The highest BCUT2D eigenvalue weighted by Gasteiger charge is 1.95. The topological polar surface area (TPSA) is 44.8 Å². The van der Waals surface area contributed by atoms with Gasteiger partial charge in [-0.25, -0.2) is 0 Å². The van der Waals surface area contributed by atoms with E-state index in [4.69, 9.17) is 9.47 Å². The van der Waals surface area contributed by atoms with Crippen LogP contribution >= 0.6 is 0 Å². The predicted octanol–water partition coefficient (Wildman–Crippen LogP) is 2.16. The Bertz CT molecular complexity index is 126. The Morgan fingerprint density at radius 1 is 1.00 bits per heavy atom. The number of esters is 1. The van der Waals surface area contributed by atoms with Gasteiger partial charge in [0.05, 0.1) is 6.61 Å². The maximum atomic E-state index is 9.82. The molecular weight excluding hydrogens is 208 g/mol. The molecule has 0 radical (unpaired) electrons. The monoisotopic (exact) mass is 232 g/mol. The molecule has 2 heterocycles. The minimum absolute atomic E-state index is 0.211. The van der Waals surface area contributed by atoms with Crippen LogP contribution < -0.4 is 0 Å². The summed E-state index contributed by atoms with van der Waals surface area (Å²) in [6.45, 7) is 7.65. The third kappa shape index (κ3) is 13.4. The summed E-state index contributed by atoms with van der Waals surface area (Å²) in [5.74, 6) is -0.211. The van der Waals surface area contributed by atoms with Gasteiger partial charge in [0.25, 0.3) is 0 Å². The molecule has 0 aromatic carbocycles. The lowest BCUT2D eigenvalue weighted by atomic mass is 10.4. The SMILES string of the molecule is C1CCOC1.C1CCOC1.CCOC(C)=O. The molecule has 0 bridgehead atoms. The zero-order chi connectivity index (χ0) is 12.1. The van der Waals surface area contributed by atoms with Crippen molar-refractivity contribution in [1.82, 2.24) is 0 Å². The quantitative estimate of drug-likeness (QED) is 0.650. The zero-order valence-corrected chi connectivity index (χ0v) is 10.5. The lowest BCUT2D eigenvalue weighted by Gasteiger charge is -1.89. The minimum atomic E-state index is -0.211. The van der Waals surface area contributed by atoms with Crippen molar-refractivity contribution in [2.24, 2.45) is 0 Å². The average molecular weight is 232 g/mol. The molecule has 2 saturated heterocycles. The number of hydrogen-bond donors (Lipinski definition) is 0. The first-order valence-electron chi connectivity index (χ1n) is 6.06. The summed E-state index contributed by atoms with van der Waals surface area (Å²) in [6.07, 6.45) is 5.11. The summed E-state index contributed by atoms with van der Waals surface area (Å²) < 4.78 is 14.3. The van der Waals surface area contributed by atoms with E-state index < -0.39 is 0 Å². The molecule has 0 N–H and O–H groups in total. The Kier molecular flexibility index (Phi) is 12.0. The second-order valence-corrected chi connectivity index (χ2v) is 3.56. The first-order chi connectivity index (χ1) is 7.77. The molecule has 0 unspecified atom stereocenters. The predicted molar refractivity (Wildman–Crippen MR) is 62.4 cm³/mol. The summed E-state index contributed by atoms with van der Waals surface area (Å²) in [5, 5.41) is 0. The van der Waals surface area contributed by atoms with Crippen LogP contribution in [-0.4, -0.2) is 39.0 Å². The fourth-order valence-electron chi connectivity index (χ4n) is 1.22. The van der Waals surface area contributed by atoms with Crippen LogP contribution in [0.15, 0.2) is 0 Å². The van der Waals surface area contributed by atoms with Gasteiger partial charge < -0.3 is 14.2 Å². The summed E-state index contributed by atoms with van der Waals surface area (Å²) in [4.78, 5) is 9.82. The van der Waals surface area contributed by atoms with Gasteiger partial charge in [-0.2, -0.15) is 0 Å². The highest BCUT2D eigenvalue weighted by molar-refractivity contribution is 5.65. The smallest absolute Gasteiger partial charge is 0.302 e. The van der Waals surface area contributed by atoms with Gasteiger partial charge >= 0.3 is 5.97 Å². The van der Waals surface area contributed by atoms with Crippen LogP contribution in [0.4, 0.5) is 0 Å². The van der Waals surface area contributed by atoms with Gasteiger partial charge in [0.1, 0.15) is 0 Å². The summed E-state index contributed by atoms with van der Waals surface area (Å²) in [7, 11) is 0. The largest absolute Gasteiger partial charge is 0.466 e. The van der Waals surface area contributed by atoms with Crippen molar-refractivity contribution in [3.63, 3.8) is 0 Å². The molecule has 0 aromatic rings. The highest BCUT2D eigenvalue weighted by atomic mass is 16.5. The van der Waals surface area contributed by atoms with E-state index in [1.165, 1.54) is 32.6 Å². The second-order valence-electron chi connectivity index (χ2n) is 3.56. The van der Waals surface area contributed by atoms with E-state index in [1.807, 2.05) is 0 Å². The lowest BCUT2D eigenvalue weighted by Crippen LogP contribution is -1.95. The van der Waals surface area contributed by atoms with Gasteiger partial charge in [-0.15, -0.1) is 0 Å². The molecule has 96 valence electrons. The molecule has 0 aliphatic carbocycles. The van der Waals surface area contributed by atoms with Gasteiger partial charge in [-0.3, -0.25) is 4.79 Å². The standard InChI is InChI=1S/C4H8O2.2C4H8O/c1-3-6-4(2)5;2*1-2-4-5-3-1/h3H2,1-2H3;2*1-4H2. The molecule has 2 fully saturated rings. The van der Waals surface area contributed by atoms with Gasteiger partial charge in [-0.05, 0) is 32.6 Å². The molecule has 2 aliphatic rings. The molecule has 0 atom stereocenters. The van der Waals surface area contributed by atoms with Crippen LogP contribution in [0, 0.1) is 0 Å². The molecule has 4 nitrogen and oxygen atoms in total. The molecule has 16 heavy (non-hydrogen) atoms. The Balaban J connectivity index is 0.000000211. The number of carbonyl (C=O) groups is 1. The molecule has 0 aromatic heterocycles. The summed E-state index contributed by atoms with van der Waals surface area (Å²) >= 11 is 0. The molecule has 2 aliphatic heterocycles. The van der Waals surface area contributed by atoms with E-state index in [0.717, 1.165) is 26.4 Å². The first kappa shape index (κ1) is 15.4. The van der Waals surface area contributed by atoms with Crippen LogP contribution in [0.25, 0.3) is 0 Å². The van der Waals surface area contributed by atoms with Crippen LogP contribution in [0.2, 0.25) is 0 Å². The van der Waals surface area contributed by atoms with Gasteiger partial charge in [0.15, 0.2) is 0 Å². The van der Waals surface area contributed by atoms with Gasteiger partial charge in [0, 0.05) is 33.4 Å². The van der Waals surface area contributed by atoms with E-state index in [2.05, 4.69) is 4.74 Å². The third-order valence-electron chi connectivity index (χ3n) is 2.00. The molecule has 4 heteroatoms. The van der Waals surface area contributed by atoms with E-state index in [1.54, 1.807) is 6.92 Å². The Hall–Kier alpha value is -0.610. The molecule has 2 rings (SSSR count). The maximum absolute atomic E-state index is 9.82. The highest BCUT2D eigenvalue weighted by Crippen LogP contribution is 1.98. The molecule has 0 amide bonds. The van der Waals surface area contributed by atoms with Gasteiger partial charge in [0.2, 0.25) is 0 Å². The molecule has 0 spiro atoms. The van der Waals surface area contributed by atoms with E-state index >= 15 is 0 Å². The van der Waals surface area contributed by atoms with E-state index in [0.29, 0.717) is 6.61 Å². The van der Waals surface area contributed by atoms with E-state index in [9.17, 15) is 4.79 Å². The number of rotatable bonds is 1. The van der Waals surface area contributed by atoms with Crippen molar-refractivity contribution >= 4 is 5.97 Å².